The molecule has 2 bridgehead atoms. The van der Waals surface area contributed by atoms with Crippen molar-refractivity contribution in [2.24, 2.45) is 11.7 Å². The highest BCUT2D eigenvalue weighted by atomic mass is 31.2. The summed E-state index contributed by atoms with van der Waals surface area (Å²) in [4.78, 5) is 29.1. The fraction of sp³-hybridized carbons (Fsp3) is 0.692. The second-order valence-electron chi connectivity index (χ2n) is 11.0. The van der Waals surface area contributed by atoms with E-state index in [1.165, 1.54) is 7.11 Å². The molecule has 9 nitrogen and oxygen atoms in total. The van der Waals surface area contributed by atoms with Crippen molar-refractivity contribution < 1.29 is 32.9 Å². The predicted octanol–water partition coefficient (Wildman–Crippen LogP) is 3.29. The minimum Gasteiger partial charge on any atom is -0.459 e. The zero-order valence-electron chi connectivity index (χ0n) is 22.1. The summed E-state index contributed by atoms with van der Waals surface area (Å²) in [7, 11) is -2.37. The van der Waals surface area contributed by atoms with E-state index in [0.29, 0.717) is 6.54 Å². The molecule has 4 saturated heterocycles. The van der Waals surface area contributed by atoms with Crippen LogP contribution in [0.15, 0.2) is 30.3 Å². The predicted molar refractivity (Wildman–Crippen MR) is 134 cm³/mol. The van der Waals surface area contributed by atoms with Crippen LogP contribution in [0.2, 0.25) is 0 Å². The maximum absolute atomic E-state index is 14.4. The van der Waals surface area contributed by atoms with Crippen LogP contribution in [0.3, 0.4) is 0 Å². The average molecular weight is 523 g/mol. The number of carbonyl (C=O) groups is 2. The SMILES string of the molecule is COCC1(C(OC(C)C)OP2(=O)C(C)(C)[C@]2(N)C(=O)OCc2ccccc2)C(=O)C2CCN1C(C)C2. The van der Waals surface area contributed by atoms with Gasteiger partial charge in [-0.05, 0) is 53.0 Å². The van der Waals surface area contributed by atoms with Gasteiger partial charge in [0.15, 0.2) is 17.6 Å². The van der Waals surface area contributed by atoms with Crippen LogP contribution < -0.4 is 5.73 Å². The summed E-state index contributed by atoms with van der Waals surface area (Å²) in [6, 6.07) is 9.28. The monoisotopic (exact) mass is 522 g/mol. The zero-order chi connectivity index (χ0) is 26.5. The van der Waals surface area contributed by atoms with E-state index < -0.39 is 35.6 Å². The van der Waals surface area contributed by atoms with E-state index in [0.717, 1.165) is 18.4 Å². The Bertz CT molecular complexity index is 1050. The quantitative estimate of drug-likeness (QED) is 0.281. The molecule has 0 aliphatic carbocycles. The van der Waals surface area contributed by atoms with E-state index in [1.54, 1.807) is 13.8 Å². The van der Waals surface area contributed by atoms with Gasteiger partial charge in [-0.15, -0.1) is 0 Å². The van der Waals surface area contributed by atoms with Gasteiger partial charge in [-0.2, -0.15) is 0 Å². The molecule has 1 aromatic rings. The van der Waals surface area contributed by atoms with Crippen molar-refractivity contribution in [1.82, 2.24) is 4.90 Å². The van der Waals surface area contributed by atoms with Gasteiger partial charge in [-0.1, -0.05) is 30.3 Å². The number of Topliss-reactive ketones (excluding diaryl/α,β-unsaturated/α-hetero) is 1. The van der Waals surface area contributed by atoms with Crippen molar-refractivity contribution in [3.05, 3.63) is 35.9 Å². The molecule has 7 atom stereocenters. The first-order chi connectivity index (χ1) is 16.9. The lowest BCUT2D eigenvalue weighted by molar-refractivity contribution is -0.227. The highest BCUT2D eigenvalue weighted by molar-refractivity contribution is 7.72. The van der Waals surface area contributed by atoms with Crippen LogP contribution in [0, 0.1) is 5.92 Å². The number of methoxy groups -OCH3 is 1. The highest BCUT2D eigenvalue weighted by Crippen LogP contribution is 2.88. The molecule has 1 aromatic carbocycles. The maximum atomic E-state index is 14.4. The third-order valence-corrected chi connectivity index (χ3v) is 11.9. The number of esters is 1. The van der Waals surface area contributed by atoms with Crippen molar-refractivity contribution in [1.29, 1.82) is 0 Å². The van der Waals surface area contributed by atoms with Crippen LogP contribution in [-0.2, 0) is 39.5 Å². The van der Waals surface area contributed by atoms with E-state index in [-0.39, 0.29) is 37.1 Å². The van der Waals surface area contributed by atoms with Crippen LogP contribution >= 0.6 is 7.37 Å². The molecule has 4 fully saturated rings. The van der Waals surface area contributed by atoms with E-state index in [1.807, 2.05) is 44.2 Å². The topological polar surface area (TPSA) is 117 Å². The van der Waals surface area contributed by atoms with Crippen LogP contribution in [-0.4, -0.2) is 71.3 Å². The Morgan fingerprint density at radius 3 is 2.50 bits per heavy atom. The molecule has 0 amide bonds. The molecule has 4 heterocycles. The molecule has 5 rings (SSSR count). The fourth-order valence-corrected chi connectivity index (χ4v) is 8.99. The molecular weight excluding hydrogens is 483 g/mol. The normalized spacial score (nSPS) is 37.7. The molecule has 4 aliphatic heterocycles. The van der Waals surface area contributed by atoms with Gasteiger partial charge < -0.3 is 19.9 Å². The first kappa shape index (κ1) is 27.4. The molecule has 36 heavy (non-hydrogen) atoms. The van der Waals surface area contributed by atoms with Crippen molar-refractivity contribution in [2.45, 2.75) is 88.5 Å². The van der Waals surface area contributed by atoms with Gasteiger partial charge in [0.25, 0.3) is 0 Å². The number of ether oxygens (including phenoxy) is 3. The fourth-order valence-electron chi connectivity index (χ4n) is 5.95. The van der Waals surface area contributed by atoms with Gasteiger partial charge in [0.1, 0.15) is 6.61 Å². The summed E-state index contributed by atoms with van der Waals surface area (Å²) in [6.07, 6.45) is -0.0823. The van der Waals surface area contributed by atoms with Crippen LogP contribution in [0.25, 0.3) is 0 Å². The van der Waals surface area contributed by atoms with Crippen molar-refractivity contribution in [3.8, 4) is 0 Å². The van der Waals surface area contributed by atoms with Crippen molar-refractivity contribution >= 4 is 19.1 Å². The summed E-state index contributed by atoms with van der Waals surface area (Å²) in [5, 5.41) is -3.07. The average Bonchev–Trinajstić information content (AvgIpc) is 3.18. The highest BCUT2D eigenvalue weighted by Gasteiger charge is 2.87. The molecule has 6 unspecified atom stereocenters. The number of nitrogens with two attached hydrogens (primary N) is 1. The summed E-state index contributed by atoms with van der Waals surface area (Å²) in [6.45, 7) is 9.64. The Labute approximate surface area is 213 Å². The standard InChI is InChI=1S/C26H39N2O7P/c1-17(2)34-23(25(16-32-6)21(29)20-12-13-28(25)18(3)14-20)35-36(31)24(4,5)26(36,27)22(30)33-15-19-10-8-7-9-11-19/h7-11,17-18,20,23H,12-16,27H2,1-6H3/t18?,20?,23?,25?,26-,36?/m0/s1. The van der Waals surface area contributed by atoms with Crippen molar-refractivity contribution in [3.63, 3.8) is 0 Å². The maximum Gasteiger partial charge on any atom is 0.337 e. The number of piperidine rings is 3. The third kappa shape index (κ3) is 3.91. The molecule has 4 aliphatic rings. The molecule has 0 aromatic heterocycles. The second kappa shape index (κ2) is 9.61. The number of hydrogen-bond donors (Lipinski definition) is 1. The van der Waals surface area contributed by atoms with Crippen LogP contribution in [0.4, 0.5) is 0 Å². The Kier molecular flexibility index (Phi) is 7.32. The minimum absolute atomic E-state index is 0.000301. The van der Waals surface area contributed by atoms with Gasteiger partial charge in [0.05, 0.1) is 17.9 Å². The van der Waals surface area contributed by atoms with E-state index in [4.69, 9.17) is 24.5 Å². The lowest BCUT2D eigenvalue weighted by atomic mass is 9.70. The number of carbonyl (C=O) groups excluding carboxylic acids is 2. The first-order valence-electron chi connectivity index (χ1n) is 12.6. The number of rotatable bonds is 10. The molecule has 0 spiro atoms. The number of fused-ring (bicyclic) bond motifs is 3. The van der Waals surface area contributed by atoms with Gasteiger partial charge in [0.2, 0.25) is 12.6 Å². The lowest BCUT2D eigenvalue weighted by Crippen LogP contribution is -2.75. The molecule has 0 saturated carbocycles. The van der Waals surface area contributed by atoms with Gasteiger partial charge >= 0.3 is 5.97 Å². The van der Waals surface area contributed by atoms with Crippen molar-refractivity contribution in [2.75, 3.05) is 20.3 Å². The molecular formula is C26H39N2O7P. The van der Waals surface area contributed by atoms with Gasteiger partial charge in [-0.25, -0.2) is 4.79 Å². The Morgan fingerprint density at radius 1 is 1.25 bits per heavy atom. The van der Waals surface area contributed by atoms with Crippen LogP contribution in [0.1, 0.15) is 53.0 Å². The largest absolute Gasteiger partial charge is 0.459 e. The van der Waals surface area contributed by atoms with Gasteiger partial charge in [0, 0.05) is 25.6 Å². The second-order valence-corrected chi connectivity index (χ2v) is 14.2. The molecule has 10 heteroatoms. The Balaban J connectivity index is 1.65. The number of nitrogens with zero attached hydrogens (tertiary/aromatic N) is 1. The smallest absolute Gasteiger partial charge is 0.337 e. The van der Waals surface area contributed by atoms with E-state index in [9.17, 15) is 14.2 Å². The number of benzene rings is 1. The summed E-state index contributed by atoms with van der Waals surface area (Å²) in [5.41, 5.74) is 6.03. The summed E-state index contributed by atoms with van der Waals surface area (Å²) in [5.74, 6) is -0.998. The Morgan fingerprint density at radius 2 is 1.92 bits per heavy atom. The molecule has 200 valence electrons. The zero-order valence-corrected chi connectivity index (χ0v) is 23.0. The molecule has 2 N–H and O–H groups in total. The van der Waals surface area contributed by atoms with Gasteiger partial charge in [-0.3, -0.25) is 18.8 Å². The summed E-state index contributed by atoms with van der Waals surface area (Å²) < 4.78 is 37.9. The third-order valence-electron chi connectivity index (χ3n) is 8.19. The molecule has 0 radical (unpaired) electrons. The van der Waals surface area contributed by atoms with E-state index >= 15 is 0 Å². The summed E-state index contributed by atoms with van der Waals surface area (Å²) >= 11 is 0. The minimum atomic E-state index is -3.89. The Hall–Kier alpha value is -1.61. The lowest BCUT2D eigenvalue weighted by Gasteiger charge is -2.57. The van der Waals surface area contributed by atoms with Crippen LogP contribution in [0.5, 0.6) is 0 Å². The van der Waals surface area contributed by atoms with E-state index in [2.05, 4.69) is 11.8 Å². The number of hydrogen-bond acceptors (Lipinski definition) is 9. The first-order valence-corrected chi connectivity index (χ1v) is 14.2. The number of ketones is 1.